The van der Waals surface area contributed by atoms with Crippen molar-refractivity contribution in [1.29, 1.82) is 0 Å². The third-order valence-electron chi connectivity index (χ3n) is 6.01. The molecule has 0 saturated carbocycles. The van der Waals surface area contributed by atoms with E-state index in [4.69, 9.17) is 5.73 Å². The molecule has 31 heavy (non-hydrogen) atoms. The molecule has 1 saturated heterocycles. The second-order valence-electron chi connectivity index (χ2n) is 8.04. The zero-order chi connectivity index (χ0) is 22.7. The van der Waals surface area contributed by atoms with Crippen LogP contribution in [0.5, 0.6) is 0 Å². The Bertz CT molecular complexity index is 1080. The minimum Gasteiger partial charge on any atom is -0.384 e. The second kappa shape index (κ2) is 9.30. The molecule has 1 aromatic heterocycles. The molecule has 1 aliphatic heterocycles. The molecule has 1 amide bonds. The summed E-state index contributed by atoms with van der Waals surface area (Å²) >= 11 is 0. The number of ketones is 1. The Hall–Kier alpha value is -3.20. The number of nitrogens with zero attached hydrogens (tertiary/aromatic N) is 4. The van der Waals surface area contributed by atoms with Crippen LogP contribution >= 0.6 is 0 Å². The first-order valence-corrected chi connectivity index (χ1v) is 10.3. The molecule has 1 aromatic carbocycles. The summed E-state index contributed by atoms with van der Waals surface area (Å²) in [6, 6.07) is 9.40. The Morgan fingerprint density at radius 3 is 2.32 bits per heavy atom. The van der Waals surface area contributed by atoms with Crippen molar-refractivity contribution in [2.75, 3.05) is 32.4 Å². The first-order chi connectivity index (χ1) is 14.7. The molecule has 2 N–H and O–H groups in total. The van der Waals surface area contributed by atoms with Crippen molar-refractivity contribution >= 4 is 17.5 Å². The number of carbonyl (C=O) groups is 2. The summed E-state index contributed by atoms with van der Waals surface area (Å²) in [5.41, 5.74) is 5.62. The quantitative estimate of drug-likeness (QED) is 0.664. The molecule has 1 aliphatic rings. The number of aromatic nitrogens is 2. The van der Waals surface area contributed by atoms with E-state index < -0.39 is 17.0 Å². The van der Waals surface area contributed by atoms with Crippen LogP contribution < -0.4 is 17.0 Å². The van der Waals surface area contributed by atoms with E-state index >= 15 is 0 Å². The molecule has 0 aliphatic carbocycles. The second-order valence-corrected chi connectivity index (χ2v) is 8.04. The Kier molecular flexibility index (Phi) is 6.74. The minimum absolute atomic E-state index is 0.0199. The maximum atomic E-state index is 13.0. The van der Waals surface area contributed by atoms with Crippen LogP contribution in [0.3, 0.4) is 0 Å². The first kappa shape index (κ1) is 22.5. The van der Waals surface area contributed by atoms with Crippen molar-refractivity contribution in [2.45, 2.75) is 32.4 Å². The third-order valence-corrected chi connectivity index (χ3v) is 6.01. The number of carbonyl (C=O) groups excluding carboxylic acids is 2. The molecular formula is C22H29N5O4. The summed E-state index contributed by atoms with van der Waals surface area (Å²) in [6.07, 6.45) is 1.51. The van der Waals surface area contributed by atoms with Gasteiger partial charge in [0.2, 0.25) is 5.91 Å². The fourth-order valence-corrected chi connectivity index (χ4v) is 3.97. The van der Waals surface area contributed by atoms with E-state index in [-0.39, 0.29) is 36.4 Å². The van der Waals surface area contributed by atoms with Gasteiger partial charge < -0.3 is 10.6 Å². The van der Waals surface area contributed by atoms with E-state index in [2.05, 4.69) is 0 Å². The number of nitrogens with two attached hydrogens (primary N) is 1. The lowest BCUT2D eigenvalue weighted by Crippen LogP contribution is -2.47. The van der Waals surface area contributed by atoms with Crippen molar-refractivity contribution in [2.24, 2.45) is 7.05 Å². The van der Waals surface area contributed by atoms with Crippen molar-refractivity contribution in [1.82, 2.24) is 18.9 Å². The number of nitrogen functional groups attached to an aromatic ring is 1. The third kappa shape index (κ3) is 4.77. The van der Waals surface area contributed by atoms with Crippen LogP contribution in [0.4, 0.5) is 5.82 Å². The molecule has 0 radical (unpaired) electrons. The highest BCUT2D eigenvalue weighted by atomic mass is 16.2. The number of piperidine rings is 1. The largest absolute Gasteiger partial charge is 0.384 e. The Morgan fingerprint density at radius 2 is 1.74 bits per heavy atom. The van der Waals surface area contributed by atoms with Crippen LogP contribution in [0.1, 0.15) is 35.7 Å². The van der Waals surface area contributed by atoms with Gasteiger partial charge in [-0.25, -0.2) is 4.79 Å². The van der Waals surface area contributed by atoms with Crippen molar-refractivity contribution in [3.05, 3.63) is 62.3 Å². The van der Waals surface area contributed by atoms with Crippen molar-refractivity contribution in [3.63, 3.8) is 0 Å². The van der Waals surface area contributed by atoms with Crippen LogP contribution in [0.25, 0.3) is 0 Å². The van der Waals surface area contributed by atoms with Gasteiger partial charge in [0.1, 0.15) is 11.4 Å². The normalized spacial score (nSPS) is 15.1. The molecule has 9 nitrogen and oxygen atoms in total. The zero-order valence-electron chi connectivity index (χ0n) is 18.2. The van der Waals surface area contributed by atoms with Gasteiger partial charge in [0, 0.05) is 40.2 Å². The van der Waals surface area contributed by atoms with Crippen LogP contribution in [0.2, 0.25) is 0 Å². The molecule has 1 fully saturated rings. The molecule has 166 valence electrons. The lowest BCUT2D eigenvalue weighted by atomic mass is 10.0. The number of hydrogen-bond acceptors (Lipinski definition) is 6. The van der Waals surface area contributed by atoms with Crippen LogP contribution in [-0.4, -0.2) is 63.3 Å². The van der Waals surface area contributed by atoms with E-state index in [0.29, 0.717) is 13.1 Å². The highest BCUT2D eigenvalue weighted by molar-refractivity contribution is 6.01. The maximum absolute atomic E-state index is 13.0. The lowest BCUT2D eigenvalue weighted by Gasteiger charge is -2.36. The van der Waals surface area contributed by atoms with Crippen LogP contribution in [0, 0.1) is 0 Å². The number of Topliss-reactive ketones (excluding diaryl/α,β-unsaturated/α-hetero) is 1. The Balaban J connectivity index is 1.81. The molecule has 2 aromatic rings. The molecule has 9 heteroatoms. The van der Waals surface area contributed by atoms with Gasteiger partial charge in [0.25, 0.3) is 5.56 Å². The summed E-state index contributed by atoms with van der Waals surface area (Å²) in [7, 11) is 3.14. The van der Waals surface area contributed by atoms with Gasteiger partial charge in [-0.2, -0.15) is 0 Å². The molecule has 0 spiro atoms. The highest BCUT2D eigenvalue weighted by Gasteiger charge is 2.27. The molecular weight excluding hydrogens is 398 g/mol. The van der Waals surface area contributed by atoms with Crippen molar-refractivity contribution < 1.29 is 9.59 Å². The van der Waals surface area contributed by atoms with Gasteiger partial charge in [0.05, 0.1) is 13.1 Å². The predicted molar refractivity (Wildman–Crippen MR) is 118 cm³/mol. The molecule has 2 heterocycles. The molecule has 0 bridgehead atoms. The van der Waals surface area contributed by atoms with E-state index in [1.165, 1.54) is 11.6 Å². The Labute approximate surface area is 180 Å². The summed E-state index contributed by atoms with van der Waals surface area (Å²) < 4.78 is 2.19. The average Bonchev–Trinajstić information content (AvgIpc) is 2.76. The SMILES string of the molecule is CC(=O)N(C)C1CCN(CC(=O)c2c(N)n(Cc3ccccc3)c(=O)n(C)c2=O)CC1. The Morgan fingerprint density at radius 1 is 1.13 bits per heavy atom. The van der Waals surface area contributed by atoms with Crippen LogP contribution in [0.15, 0.2) is 39.9 Å². The average molecular weight is 428 g/mol. The number of amides is 1. The summed E-state index contributed by atoms with van der Waals surface area (Å²) in [6.45, 7) is 3.02. The summed E-state index contributed by atoms with van der Waals surface area (Å²) in [5.74, 6) is -0.488. The van der Waals surface area contributed by atoms with Gasteiger partial charge in [0.15, 0.2) is 5.78 Å². The smallest absolute Gasteiger partial charge is 0.332 e. The monoisotopic (exact) mass is 427 g/mol. The minimum atomic E-state index is -0.678. The first-order valence-electron chi connectivity index (χ1n) is 10.3. The van der Waals surface area contributed by atoms with Gasteiger partial charge >= 0.3 is 5.69 Å². The van der Waals surface area contributed by atoms with Gasteiger partial charge in [-0.05, 0) is 18.4 Å². The fraction of sp³-hybridized carbons (Fsp3) is 0.455. The number of benzene rings is 1. The molecule has 3 rings (SSSR count). The topological polar surface area (TPSA) is 111 Å². The van der Waals surface area contributed by atoms with E-state index in [1.54, 1.807) is 18.9 Å². The predicted octanol–water partition coefficient (Wildman–Crippen LogP) is 0.303. The fourth-order valence-electron chi connectivity index (χ4n) is 3.97. The molecule has 0 unspecified atom stereocenters. The summed E-state index contributed by atoms with van der Waals surface area (Å²) in [4.78, 5) is 53.6. The van der Waals surface area contributed by atoms with Crippen LogP contribution in [-0.2, 0) is 18.4 Å². The van der Waals surface area contributed by atoms with E-state index in [0.717, 1.165) is 23.0 Å². The van der Waals surface area contributed by atoms with E-state index in [9.17, 15) is 19.2 Å². The number of rotatable bonds is 6. The van der Waals surface area contributed by atoms with Gasteiger partial charge in [-0.1, -0.05) is 30.3 Å². The number of anilines is 1. The zero-order valence-corrected chi connectivity index (χ0v) is 18.2. The highest BCUT2D eigenvalue weighted by Crippen LogP contribution is 2.17. The standard InChI is InChI=1S/C22H29N5O4/c1-15(28)24(2)17-9-11-26(12-10-17)14-18(29)19-20(23)27(22(31)25(3)21(19)30)13-16-7-5-4-6-8-16/h4-8,17H,9-14,23H2,1-3H3. The van der Waals surface area contributed by atoms with Gasteiger partial charge in [-0.15, -0.1) is 0 Å². The lowest BCUT2D eigenvalue weighted by molar-refractivity contribution is -0.130. The number of hydrogen-bond donors (Lipinski definition) is 1. The number of likely N-dealkylation sites (tertiary alicyclic amines) is 1. The summed E-state index contributed by atoms with van der Waals surface area (Å²) in [5, 5.41) is 0. The maximum Gasteiger partial charge on any atom is 0.332 e. The molecule has 0 atom stereocenters. The van der Waals surface area contributed by atoms with Crippen molar-refractivity contribution in [3.8, 4) is 0 Å². The van der Waals surface area contributed by atoms with Gasteiger partial charge in [-0.3, -0.25) is 28.4 Å². The van der Waals surface area contributed by atoms with E-state index in [1.807, 2.05) is 35.2 Å².